The van der Waals surface area contributed by atoms with Crippen LogP contribution < -0.4 is 0 Å². The average Bonchev–Trinajstić information content (AvgIpc) is 3.91. The Kier molecular flexibility index (Phi) is 9.14. The summed E-state index contributed by atoms with van der Waals surface area (Å²) in [5.41, 5.74) is 9.19. The molecule has 1 unspecified atom stereocenters. The molecule has 2 aromatic heterocycles. The number of hydrogen-bond acceptors (Lipinski definition) is 2. The Bertz CT molecular complexity index is 4170. The summed E-state index contributed by atoms with van der Waals surface area (Å²) in [6.07, 6.45) is 2.46. The molecule has 4 heteroatoms. The Morgan fingerprint density at radius 1 is 0.493 bits per heavy atom. The van der Waals surface area contributed by atoms with Crippen LogP contribution in [0.5, 0.6) is 0 Å². The standard InChI is InChI=1S/C63H45N3O/c1-2-39(59(42-16-4-3-5-17-42)65-63(64)49-30-31-51-48(34-49)27-25-40-14-10-12-22-50(40)51)24-26-43-29-33-54-56-36-45-19-7-9-21-47(45)38-58(56)67-62(54)60(43)66-57-37-46-20-8-6-18-44(46)35-55(57)53-32-28-41-15-11-13-23-52(41)61(53)66/h3-23,25,27-39,64H,2,24,26H2,1H3. The van der Waals surface area contributed by atoms with Crippen molar-refractivity contribution in [3.05, 3.63) is 223 Å². The Hall–Kier alpha value is -8.34. The van der Waals surface area contributed by atoms with E-state index in [4.69, 9.17) is 9.41 Å². The second-order valence-electron chi connectivity index (χ2n) is 18.1. The lowest BCUT2D eigenvalue weighted by atomic mass is 9.88. The third kappa shape index (κ3) is 6.43. The first-order valence-electron chi connectivity index (χ1n) is 23.4. The van der Waals surface area contributed by atoms with Crippen LogP contribution in [0.25, 0.3) is 103 Å². The van der Waals surface area contributed by atoms with E-state index >= 15 is 0 Å². The molecule has 1 atom stereocenters. The summed E-state index contributed by atoms with van der Waals surface area (Å²) >= 11 is 0. The van der Waals surface area contributed by atoms with Gasteiger partial charge in [-0.25, -0.2) is 4.99 Å². The molecule has 1 N–H and O–H groups in total. The first kappa shape index (κ1) is 39.1. The molecule has 0 aliphatic rings. The number of aliphatic imine (C=N–C) groups is 1. The largest absolute Gasteiger partial charge is 0.454 e. The molecule has 0 spiro atoms. The Labute approximate surface area is 387 Å². The van der Waals surface area contributed by atoms with Gasteiger partial charge in [0, 0.05) is 38.4 Å². The number of furan rings is 1. The molecule has 13 aromatic rings. The van der Waals surface area contributed by atoms with Gasteiger partial charge in [-0.1, -0.05) is 183 Å². The SMILES string of the molecule is CCC(CCc1ccc2c(oc3cc4ccccc4cc32)c1-n1c2cc3ccccc3cc2c2ccc3ccccc3c21)C(=NC(=N)c1ccc2c(ccc3ccccc32)c1)c1ccccc1. The van der Waals surface area contributed by atoms with Crippen LogP contribution in [0.2, 0.25) is 0 Å². The number of hydrogen-bond donors (Lipinski definition) is 1. The number of nitrogens with zero attached hydrogens (tertiary/aromatic N) is 2. The molecule has 0 aliphatic heterocycles. The molecule has 0 amide bonds. The highest BCUT2D eigenvalue weighted by Crippen LogP contribution is 2.44. The van der Waals surface area contributed by atoms with Crippen LogP contribution in [-0.2, 0) is 6.42 Å². The smallest absolute Gasteiger partial charge is 0.159 e. The zero-order valence-corrected chi connectivity index (χ0v) is 37.1. The molecule has 4 nitrogen and oxygen atoms in total. The van der Waals surface area contributed by atoms with E-state index in [0.29, 0.717) is 0 Å². The lowest BCUT2D eigenvalue weighted by Crippen LogP contribution is -2.19. The fourth-order valence-corrected chi connectivity index (χ4v) is 10.9. The lowest BCUT2D eigenvalue weighted by Gasteiger charge is -2.21. The Morgan fingerprint density at radius 3 is 1.84 bits per heavy atom. The zero-order chi connectivity index (χ0) is 44.6. The second-order valence-corrected chi connectivity index (χ2v) is 18.1. The number of rotatable bonds is 8. The summed E-state index contributed by atoms with van der Waals surface area (Å²) in [7, 11) is 0. The van der Waals surface area contributed by atoms with Gasteiger partial charge in [0.1, 0.15) is 5.58 Å². The van der Waals surface area contributed by atoms with Crippen LogP contribution >= 0.6 is 0 Å². The maximum Gasteiger partial charge on any atom is 0.159 e. The molecule has 0 saturated carbocycles. The van der Waals surface area contributed by atoms with Crippen molar-refractivity contribution >= 4 is 109 Å². The maximum atomic E-state index is 9.51. The lowest BCUT2D eigenvalue weighted by molar-refractivity contribution is 0.604. The molecule has 11 aromatic carbocycles. The van der Waals surface area contributed by atoms with Gasteiger partial charge in [0.05, 0.1) is 22.4 Å². The van der Waals surface area contributed by atoms with Crippen LogP contribution in [0.4, 0.5) is 0 Å². The predicted molar refractivity (Wildman–Crippen MR) is 284 cm³/mol. The number of amidine groups is 1. The maximum absolute atomic E-state index is 9.51. The minimum absolute atomic E-state index is 0.0691. The number of aryl methyl sites for hydroxylation is 1. The molecule has 318 valence electrons. The summed E-state index contributed by atoms with van der Waals surface area (Å²) < 4.78 is 9.71. The van der Waals surface area contributed by atoms with Gasteiger partial charge in [0.15, 0.2) is 11.4 Å². The second kappa shape index (κ2) is 15.7. The minimum atomic E-state index is 0.0691. The molecule has 0 aliphatic carbocycles. The first-order valence-corrected chi connectivity index (χ1v) is 23.4. The quantitative estimate of drug-likeness (QED) is 0.0924. The summed E-state index contributed by atoms with van der Waals surface area (Å²) in [5.74, 6) is 0.341. The summed E-state index contributed by atoms with van der Waals surface area (Å²) in [6, 6.07) is 74.1. The zero-order valence-electron chi connectivity index (χ0n) is 37.1. The predicted octanol–water partition coefficient (Wildman–Crippen LogP) is 16.9. The summed E-state index contributed by atoms with van der Waals surface area (Å²) in [4.78, 5) is 5.27. The van der Waals surface area contributed by atoms with Crippen molar-refractivity contribution in [1.29, 1.82) is 5.41 Å². The van der Waals surface area contributed by atoms with E-state index in [1.54, 1.807) is 0 Å². The van der Waals surface area contributed by atoms with Gasteiger partial charge in [-0.05, 0) is 109 Å². The van der Waals surface area contributed by atoms with Crippen LogP contribution in [0.1, 0.15) is 36.5 Å². The van der Waals surface area contributed by atoms with Crippen molar-refractivity contribution in [2.24, 2.45) is 10.9 Å². The molecule has 13 rings (SSSR count). The molecule has 67 heavy (non-hydrogen) atoms. The normalized spacial score (nSPS) is 12.8. The van der Waals surface area contributed by atoms with E-state index in [0.717, 1.165) is 80.0 Å². The van der Waals surface area contributed by atoms with E-state index in [1.165, 1.54) is 64.9 Å². The topological polar surface area (TPSA) is 54.3 Å². The van der Waals surface area contributed by atoms with Gasteiger partial charge in [-0.2, -0.15) is 0 Å². The van der Waals surface area contributed by atoms with Crippen LogP contribution in [-0.4, -0.2) is 16.1 Å². The molecule has 0 saturated heterocycles. The van der Waals surface area contributed by atoms with Crippen molar-refractivity contribution in [3.8, 4) is 5.69 Å². The van der Waals surface area contributed by atoms with Crippen LogP contribution in [0.15, 0.2) is 216 Å². The highest BCUT2D eigenvalue weighted by atomic mass is 16.3. The Morgan fingerprint density at radius 2 is 1.07 bits per heavy atom. The molecule has 0 fully saturated rings. The number of nitrogens with one attached hydrogen (secondary N) is 1. The highest BCUT2D eigenvalue weighted by molar-refractivity contribution is 6.22. The summed E-state index contributed by atoms with van der Waals surface area (Å²) in [5, 5.41) is 26.1. The third-order valence-corrected chi connectivity index (χ3v) is 14.3. The van der Waals surface area contributed by atoms with Gasteiger partial charge >= 0.3 is 0 Å². The fraction of sp³-hybridized carbons (Fsp3) is 0.0794. The van der Waals surface area contributed by atoms with Gasteiger partial charge in [0.2, 0.25) is 0 Å². The molecule has 0 radical (unpaired) electrons. The van der Waals surface area contributed by atoms with Gasteiger partial charge in [-0.3, -0.25) is 5.41 Å². The van der Waals surface area contributed by atoms with E-state index in [1.807, 2.05) is 0 Å². The van der Waals surface area contributed by atoms with Gasteiger partial charge in [0.25, 0.3) is 0 Å². The molecule has 0 bridgehead atoms. The van der Waals surface area contributed by atoms with Crippen molar-refractivity contribution in [2.45, 2.75) is 26.2 Å². The number of aromatic nitrogens is 1. The van der Waals surface area contributed by atoms with Crippen molar-refractivity contribution in [2.75, 3.05) is 0 Å². The van der Waals surface area contributed by atoms with Crippen molar-refractivity contribution in [3.63, 3.8) is 0 Å². The summed E-state index contributed by atoms with van der Waals surface area (Å²) in [6.45, 7) is 2.26. The average molecular weight is 860 g/mol. The van der Waals surface area contributed by atoms with E-state index in [2.05, 4.69) is 218 Å². The first-order chi connectivity index (χ1) is 33.1. The van der Waals surface area contributed by atoms with Crippen molar-refractivity contribution in [1.82, 2.24) is 4.57 Å². The third-order valence-electron chi connectivity index (χ3n) is 14.3. The van der Waals surface area contributed by atoms with E-state index < -0.39 is 0 Å². The molecular weight excluding hydrogens is 815 g/mol. The number of benzene rings is 11. The molecular formula is C63H45N3O. The monoisotopic (exact) mass is 859 g/mol. The van der Waals surface area contributed by atoms with Gasteiger partial charge in [-0.15, -0.1) is 0 Å². The Balaban J connectivity index is 0.999. The molecule has 2 heterocycles. The van der Waals surface area contributed by atoms with Crippen molar-refractivity contribution < 1.29 is 4.42 Å². The van der Waals surface area contributed by atoms with E-state index in [-0.39, 0.29) is 11.8 Å². The van der Waals surface area contributed by atoms with Crippen LogP contribution in [0, 0.1) is 11.3 Å². The number of fused-ring (bicyclic) bond motifs is 13. The fourth-order valence-electron chi connectivity index (χ4n) is 10.9. The van der Waals surface area contributed by atoms with E-state index in [9.17, 15) is 5.41 Å². The highest BCUT2D eigenvalue weighted by Gasteiger charge is 2.25. The van der Waals surface area contributed by atoms with Crippen LogP contribution in [0.3, 0.4) is 0 Å². The van der Waals surface area contributed by atoms with Gasteiger partial charge < -0.3 is 8.98 Å². The minimum Gasteiger partial charge on any atom is -0.454 e.